The summed E-state index contributed by atoms with van der Waals surface area (Å²) in [5, 5.41) is 0. The van der Waals surface area contributed by atoms with Crippen molar-refractivity contribution < 1.29 is 19.1 Å². The second kappa shape index (κ2) is 4.57. The Morgan fingerprint density at radius 3 is 2.94 bits per heavy atom. The van der Waals surface area contributed by atoms with Crippen molar-refractivity contribution in [3.05, 3.63) is 29.3 Å². The summed E-state index contributed by atoms with van der Waals surface area (Å²) < 4.78 is 10.2. The van der Waals surface area contributed by atoms with E-state index in [9.17, 15) is 9.59 Å². The van der Waals surface area contributed by atoms with Gasteiger partial charge < -0.3 is 9.47 Å². The van der Waals surface area contributed by atoms with Crippen LogP contribution >= 0.6 is 0 Å². The second-order valence-electron chi connectivity index (χ2n) is 4.00. The van der Waals surface area contributed by atoms with Crippen LogP contribution in [0.15, 0.2) is 18.2 Å². The van der Waals surface area contributed by atoms with Gasteiger partial charge in [-0.05, 0) is 25.5 Å². The number of carbonyl (C=O) groups is 2. The van der Waals surface area contributed by atoms with Crippen molar-refractivity contribution >= 4 is 11.8 Å². The average Bonchev–Trinajstić information content (AvgIpc) is 2.67. The van der Waals surface area contributed by atoms with Gasteiger partial charge in [-0.3, -0.25) is 4.79 Å². The quantitative estimate of drug-likeness (QED) is 0.454. The van der Waals surface area contributed by atoms with Crippen LogP contribution in [0.2, 0.25) is 0 Å². The molecule has 0 radical (unpaired) electrons. The summed E-state index contributed by atoms with van der Waals surface area (Å²) in [6.45, 7) is 3.83. The summed E-state index contributed by atoms with van der Waals surface area (Å²) in [6.07, 6.45) is 0.960. The molecule has 1 aromatic rings. The Morgan fingerprint density at radius 1 is 1.47 bits per heavy atom. The first kappa shape index (κ1) is 11.6. The number of ketones is 1. The summed E-state index contributed by atoms with van der Waals surface area (Å²) in [4.78, 5) is 23.0. The van der Waals surface area contributed by atoms with Crippen LogP contribution in [-0.2, 0) is 16.0 Å². The summed E-state index contributed by atoms with van der Waals surface area (Å²) in [6, 6.07) is 5.07. The van der Waals surface area contributed by atoms with Crippen LogP contribution < -0.4 is 4.74 Å². The fraction of sp³-hybridized carbons (Fsp3) is 0.385. The highest BCUT2D eigenvalue weighted by molar-refractivity contribution is 6.40. The Kier molecular flexibility index (Phi) is 3.13. The highest BCUT2D eigenvalue weighted by Gasteiger charge is 2.23. The van der Waals surface area contributed by atoms with E-state index in [2.05, 4.69) is 4.74 Å². The molecule has 0 fully saturated rings. The molecule has 90 valence electrons. The zero-order valence-corrected chi connectivity index (χ0v) is 9.86. The zero-order valence-electron chi connectivity index (χ0n) is 9.86. The standard InChI is InChI=1S/C13H14O4/c1-3-16-13(15)12(14)10-5-4-9-6-8(2)17-11(9)7-10/h4-5,7-8H,3,6H2,1-2H3. The minimum Gasteiger partial charge on any atom is -0.490 e. The Balaban J connectivity index is 2.21. The number of Topliss-reactive ketones (excluding diaryl/α,β-unsaturated/α-hetero) is 1. The van der Waals surface area contributed by atoms with Crippen LogP contribution in [0.4, 0.5) is 0 Å². The molecule has 0 saturated heterocycles. The average molecular weight is 234 g/mol. The third kappa shape index (κ3) is 2.30. The Bertz CT molecular complexity index is 464. The number of esters is 1. The fourth-order valence-corrected chi connectivity index (χ4v) is 1.86. The molecule has 1 atom stereocenters. The number of ether oxygens (including phenoxy) is 2. The van der Waals surface area contributed by atoms with E-state index in [1.807, 2.05) is 13.0 Å². The van der Waals surface area contributed by atoms with Gasteiger partial charge >= 0.3 is 5.97 Å². The first-order valence-electron chi connectivity index (χ1n) is 5.63. The van der Waals surface area contributed by atoms with E-state index in [4.69, 9.17) is 4.74 Å². The maximum atomic E-state index is 11.7. The lowest BCUT2D eigenvalue weighted by Crippen LogP contribution is -2.17. The van der Waals surface area contributed by atoms with Gasteiger partial charge in [0.05, 0.1) is 6.61 Å². The van der Waals surface area contributed by atoms with E-state index in [-0.39, 0.29) is 12.7 Å². The van der Waals surface area contributed by atoms with Gasteiger partial charge in [0.15, 0.2) is 0 Å². The highest BCUT2D eigenvalue weighted by Crippen LogP contribution is 2.29. The Labute approximate surface area is 99.5 Å². The minimum atomic E-state index is -0.821. The molecule has 1 unspecified atom stereocenters. The van der Waals surface area contributed by atoms with Crippen LogP contribution in [0.25, 0.3) is 0 Å². The smallest absolute Gasteiger partial charge is 0.379 e. The lowest BCUT2D eigenvalue weighted by molar-refractivity contribution is -0.137. The third-order valence-corrected chi connectivity index (χ3v) is 2.63. The van der Waals surface area contributed by atoms with Crippen molar-refractivity contribution in [2.75, 3.05) is 6.61 Å². The fourth-order valence-electron chi connectivity index (χ4n) is 1.86. The molecular formula is C13H14O4. The van der Waals surface area contributed by atoms with Gasteiger partial charge in [-0.25, -0.2) is 4.79 Å². The van der Waals surface area contributed by atoms with E-state index >= 15 is 0 Å². The SMILES string of the molecule is CCOC(=O)C(=O)c1ccc2c(c1)OC(C)C2. The van der Waals surface area contributed by atoms with E-state index in [1.165, 1.54) is 0 Å². The summed E-state index contributed by atoms with van der Waals surface area (Å²) in [7, 11) is 0. The molecule has 0 saturated carbocycles. The Hall–Kier alpha value is -1.84. The summed E-state index contributed by atoms with van der Waals surface area (Å²) in [5.41, 5.74) is 1.38. The Morgan fingerprint density at radius 2 is 2.24 bits per heavy atom. The van der Waals surface area contributed by atoms with Crippen molar-refractivity contribution in [3.63, 3.8) is 0 Å². The number of rotatable bonds is 3. The van der Waals surface area contributed by atoms with E-state index in [1.54, 1.807) is 19.1 Å². The predicted octanol–water partition coefficient (Wildman–Crippen LogP) is 1.76. The van der Waals surface area contributed by atoms with Crippen LogP contribution in [0, 0.1) is 0 Å². The molecule has 1 aromatic carbocycles. The van der Waals surface area contributed by atoms with Crippen LogP contribution in [-0.4, -0.2) is 24.5 Å². The van der Waals surface area contributed by atoms with Crippen molar-refractivity contribution in [3.8, 4) is 5.75 Å². The van der Waals surface area contributed by atoms with Crippen molar-refractivity contribution in [2.45, 2.75) is 26.4 Å². The number of hydrogen-bond acceptors (Lipinski definition) is 4. The topological polar surface area (TPSA) is 52.6 Å². The zero-order chi connectivity index (χ0) is 12.4. The molecule has 0 N–H and O–H groups in total. The maximum Gasteiger partial charge on any atom is 0.379 e. The van der Waals surface area contributed by atoms with Gasteiger partial charge in [0.1, 0.15) is 11.9 Å². The molecule has 4 heteroatoms. The van der Waals surface area contributed by atoms with Crippen LogP contribution in [0.5, 0.6) is 5.75 Å². The largest absolute Gasteiger partial charge is 0.490 e. The number of carbonyl (C=O) groups excluding carboxylic acids is 2. The second-order valence-corrected chi connectivity index (χ2v) is 4.00. The van der Waals surface area contributed by atoms with Gasteiger partial charge in [0, 0.05) is 12.0 Å². The normalized spacial score (nSPS) is 17.2. The van der Waals surface area contributed by atoms with Gasteiger partial charge in [-0.2, -0.15) is 0 Å². The van der Waals surface area contributed by atoms with Gasteiger partial charge in [0.25, 0.3) is 5.78 Å². The first-order valence-corrected chi connectivity index (χ1v) is 5.63. The minimum absolute atomic E-state index is 0.123. The number of fused-ring (bicyclic) bond motifs is 1. The van der Waals surface area contributed by atoms with Crippen molar-refractivity contribution in [2.24, 2.45) is 0 Å². The molecule has 1 heterocycles. The van der Waals surface area contributed by atoms with Crippen LogP contribution in [0.1, 0.15) is 29.8 Å². The van der Waals surface area contributed by atoms with E-state index < -0.39 is 11.8 Å². The third-order valence-electron chi connectivity index (χ3n) is 2.63. The lowest BCUT2D eigenvalue weighted by Gasteiger charge is -2.04. The molecular weight excluding hydrogens is 220 g/mol. The molecule has 1 aliphatic heterocycles. The molecule has 2 rings (SSSR count). The molecule has 0 spiro atoms. The maximum absolute atomic E-state index is 11.7. The molecule has 0 aromatic heterocycles. The predicted molar refractivity (Wildman–Crippen MR) is 61.2 cm³/mol. The lowest BCUT2D eigenvalue weighted by atomic mass is 10.1. The molecule has 1 aliphatic rings. The summed E-state index contributed by atoms with van der Waals surface area (Å²) in [5.74, 6) is -0.760. The van der Waals surface area contributed by atoms with Crippen molar-refractivity contribution in [1.82, 2.24) is 0 Å². The molecule has 0 amide bonds. The van der Waals surface area contributed by atoms with Gasteiger partial charge in [-0.15, -0.1) is 0 Å². The number of benzene rings is 1. The molecule has 4 nitrogen and oxygen atoms in total. The van der Waals surface area contributed by atoms with Gasteiger partial charge in [0.2, 0.25) is 0 Å². The summed E-state index contributed by atoms with van der Waals surface area (Å²) >= 11 is 0. The molecule has 0 aliphatic carbocycles. The van der Waals surface area contributed by atoms with Gasteiger partial charge in [-0.1, -0.05) is 12.1 Å². The van der Waals surface area contributed by atoms with Crippen molar-refractivity contribution in [1.29, 1.82) is 0 Å². The highest BCUT2D eigenvalue weighted by atomic mass is 16.5. The van der Waals surface area contributed by atoms with Crippen LogP contribution in [0.3, 0.4) is 0 Å². The van der Waals surface area contributed by atoms with E-state index in [0.29, 0.717) is 11.3 Å². The molecule has 0 bridgehead atoms. The first-order chi connectivity index (χ1) is 8.11. The monoisotopic (exact) mass is 234 g/mol. The van der Waals surface area contributed by atoms with E-state index in [0.717, 1.165) is 12.0 Å². The molecule has 17 heavy (non-hydrogen) atoms. The number of hydrogen-bond donors (Lipinski definition) is 0.